The van der Waals surface area contributed by atoms with E-state index in [1.165, 1.54) is 5.01 Å². The van der Waals surface area contributed by atoms with Crippen LogP contribution in [0.25, 0.3) is 11.3 Å². The van der Waals surface area contributed by atoms with Crippen molar-refractivity contribution >= 4 is 11.3 Å². The summed E-state index contributed by atoms with van der Waals surface area (Å²) in [4.78, 5) is 8.66. The fourth-order valence-electron chi connectivity index (χ4n) is 1.74. The van der Waals surface area contributed by atoms with Crippen LogP contribution in [0.5, 0.6) is 0 Å². The smallest absolute Gasteiger partial charge is 0.0945 e. The topological polar surface area (TPSA) is 47.0 Å². The summed E-state index contributed by atoms with van der Waals surface area (Å²) >= 11 is 1.72. The Bertz CT molecular complexity index is 473. The van der Waals surface area contributed by atoms with Gasteiger partial charge in [0.25, 0.3) is 0 Å². The highest BCUT2D eigenvalue weighted by Crippen LogP contribution is 2.21. The van der Waals surface area contributed by atoms with E-state index in [-0.39, 0.29) is 0 Å². The van der Waals surface area contributed by atoms with Crippen molar-refractivity contribution in [1.82, 2.24) is 15.3 Å². The maximum absolute atomic E-state index is 5.00. The van der Waals surface area contributed by atoms with Crippen LogP contribution in [0.1, 0.15) is 11.4 Å². The van der Waals surface area contributed by atoms with Crippen LogP contribution in [0.15, 0.2) is 29.9 Å². The molecule has 2 heterocycles. The van der Waals surface area contributed by atoms with Gasteiger partial charge in [0, 0.05) is 50.0 Å². The van der Waals surface area contributed by atoms with Crippen LogP contribution in [-0.4, -0.2) is 36.8 Å². The van der Waals surface area contributed by atoms with E-state index in [1.54, 1.807) is 30.8 Å². The fourth-order valence-corrected chi connectivity index (χ4v) is 2.55. The predicted molar refractivity (Wildman–Crippen MR) is 78.4 cm³/mol. The third-order valence-electron chi connectivity index (χ3n) is 2.75. The summed E-state index contributed by atoms with van der Waals surface area (Å²) in [7, 11) is 1.73. The zero-order valence-electron chi connectivity index (χ0n) is 11.1. The second-order valence-electron chi connectivity index (χ2n) is 4.21. The molecule has 0 spiro atoms. The van der Waals surface area contributed by atoms with E-state index in [4.69, 9.17) is 4.74 Å². The molecule has 0 amide bonds. The van der Waals surface area contributed by atoms with Crippen molar-refractivity contribution in [2.45, 2.75) is 12.8 Å². The molecule has 2 rings (SSSR count). The van der Waals surface area contributed by atoms with Gasteiger partial charge in [-0.3, -0.25) is 4.98 Å². The Labute approximate surface area is 117 Å². The van der Waals surface area contributed by atoms with Gasteiger partial charge in [0.1, 0.15) is 0 Å². The van der Waals surface area contributed by atoms with Gasteiger partial charge >= 0.3 is 0 Å². The number of pyridine rings is 1. The van der Waals surface area contributed by atoms with Crippen LogP contribution in [0.2, 0.25) is 0 Å². The maximum Gasteiger partial charge on any atom is 0.0945 e. The number of aromatic nitrogens is 2. The first-order valence-corrected chi connectivity index (χ1v) is 7.32. The number of thiazole rings is 1. The minimum absolute atomic E-state index is 0.816. The number of nitrogens with one attached hydrogen (secondary N) is 1. The monoisotopic (exact) mass is 277 g/mol. The molecule has 0 aliphatic heterocycles. The van der Waals surface area contributed by atoms with E-state index >= 15 is 0 Å². The lowest BCUT2D eigenvalue weighted by atomic mass is 10.2. The van der Waals surface area contributed by atoms with Crippen LogP contribution in [0, 0.1) is 0 Å². The lowest BCUT2D eigenvalue weighted by Crippen LogP contribution is -2.19. The summed E-state index contributed by atoms with van der Waals surface area (Å²) in [5, 5.41) is 6.67. The summed E-state index contributed by atoms with van der Waals surface area (Å²) in [5.74, 6) is 0. The molecule has 5 heteroatoms. The zero-order chi connectivity index (χ0) is 13.3. The molecule has 102 valence electrons. The van der Waals surface area contributed by atoms with Crippen LogP contribution >= 0.6 is 11.3 Å². The second kappa shape index (κ2) is 7.99. The number of nitrogens with zero attached hydrogens (tertiary/aromatic N) is 2. The molecule has 19 heavy (non-hydrogen) atoms. The van der Waals surface area contributed by atoms with Crippen molar-refractivity contribution < 1.29 is 4.74 Å². The molecule has 0 aliphatic rings. The van der Waals surface area contributed by atoms with Crippen molar-refractivity contribution in [2.24, 2.45) is 0 Å². The number of ether oxygens (including phenoxy) is 1. The molecule has 2 aromatic rings. The Morgan fingerprint density at radius 3 is 2.89 bits per heavy atom. The van der Waals surface area contributed by atoms with Crippen LogP contribution < -0.4 is 5.32 Å². The van der Waals surface area contributed by atoms with E-state index in [2.05, 4.69) is 20.7 Å². The lowest BCUT2D eigenvalue weighted by molar-refractivity contribution is 0.194. The molecule has 0 unspecified atom stereocenters. The lowest BCUT2D eigenvalue weighted by Gasteiger charge is -2.02. The van der Waals surface area contributed by atoms with Crippen molar-refractivity contribution in [3.63, 3.8) is 0 Å². The Morgan fingerprint density at radius 2 is 2.11 bits per heavy atom. The number of methoxy groups -OCH3 is 1. The van der Waals surface area contributed by atoms with Gasteiger partial charge in [-0.2, -0.15) is 0 Å². The normalized spacial score (nSPS) is 10.8. The number of rotatable bonds is 8. The quantitative estimate of drug-likeness (QED) is 0.753. The predicted octanol–water partition coefficient (Wildman–Crippen LogP) is 2.37. The highest BCUT2D eigenvalue weighted by molar-refractivity contribution is 7.09. The SMILES string of the molecule is COCCCNCCc1nc(-c2ccncc2)cs1. The summed E-state index contributed by atoms with van der Waals surface area (Å²) in [6, 6.07) is 3.98. The first-order chi connectivity index (χ1) is 9.40. The van der Waals surface area contributed by atoms with Gasteiger partial charge in [-0.05, 0) is 25.1 Å². The minimum Gasteiger partial charge on any atom is -0.385 e. The molecule has 4 nitrogen and oxygen atoms in total. The molecular formula is C14H19N3OS. The molecule has 2 aromatic heterocycles. The van der Waals surface area contributed by atoms with Gasteiger partial charge in [0.05, 0.1) is 10.7 Å². The van der Waals surface area contributed by atoms with Gasteiger partial charge in [-0.1, -0.05) is 0 Å². The first-order valence-electron chi connectivity index (χ1n) is 6.44. The second-order valence-corrected chi connectivity index (χ2v) is 5.15. The Kier molecular flexibility index (Phi) is 5.94. The molecule has 0 fully saturated rings. The average Bonchev–Trinajstić information content (AvgIpc) is 2.92. The van der Waals surface area contributed by atoms with Gasteiger partial charge in [0.2, 0.25) is 0 Å². The third kappa shape index (κ3) is 4.70. The molecule has 0 bridgehead atoms. The largest absolute Gasteiger partial charge is 0.385 e. The standard InChI is InChI=1S/C14H19N3OS/c1-18-10-2-6-15-9-5-14-17-13(11-19-14)12-3-7-16-8-4-12/h3-4,7-8,11,15H,2,5-6,9-10H2,1H3. The average molecular weight is 277 g/mol. The third-order valence-corrected chi connectivity index (χ3v) is 3.65. The van der Waals surface area contributed by atoms with Gasteiger partial charge in [-0.25, -0.2) is 4.98 Å². The molecule has 0 saturated heterocycles. The van der Waals surface area contributed by atoms with E-state index in [1.807, 2.05) is 12.1 Å². The summed E-state index contributed by atoms with van der Waals surface area (Å²) in [6.45, 7) is 2.78. The molecule has 1 N–H and O–H groups in total. The molecule has 0 saturated carbocycles. The van der Waals surface area contributed by atoms with Crippen molar-refractivity contribution in [2.75, 3.05) is 26.8 Å². The minimum atomic E-state index is 0.816. The highest BCUT2D eigenvalue weighted by atomic mass is 32.1. The summed E-state index contributed by atoms with van der Waals surface area (Å²) in [6.07, 6.45) is 5.62. The molecule has 0 aliphatic carbocycles. The van der Waals surface area contributed by atoms with Crippen molar-refractivity contribution in [1.29, 1.82) is 0 Å². The number of hydrogen-bond donors (Lipinski definition) is 1. The van der Waals surface area contributed by atoms with Crippen molar-refractivity contribution in [3.05, 3.63) is 34.9 Å². The van der Waals surface area contributed by atoms with Gasteiger partial charge in [-0.15, -0.1) is 11.3 Å². The summed E-state index contributed by atoms with van der Waals surface area (Å²) in [5.41, 5.74) is 2.17. The van der Waals surface area contributed by atoms with E-state index < -0.39 is 0 Å². The van der Waals surface area contributed by atoms with Gasteiger partial charge in [0.15, 0.2) is 0 Å². The Morgan fingerprint density at radius 1 is 1.26 bits per heavy atom. The Hall–Kier alpha value is -1.30. The number of hydrogen-bond acceptors (Lipinski definition) is 5. The van der Waals surface area contributed by atoms with Crippen LogP contribution in [0.3, 0.4) is 0 Å². The van der Waals surface area contributed by atoms with E-state index in [0.29, 0.717) is 0 Å². The van der Waals surface area contributed by atoms with Crippen LogP contribution in [0.4, 0.5) is 0 Å². The van der Waals surface area contributed by atoms with Gasteiger partial charge < -0.3 is 10.1 Å². The van der Waals surface area contributed by atoms with E-state index in [9.17, 15) is 0 Å². The van der Waals surface area contributed by atoms with Crippen LogP contribution in [-0.2, 0) is 11.2 Å². The molecule has 0 aromatic carbocycles. The molecule has 0 atom stereocenters. The Balaban J connectivity index is 1.75. The molecule has 0 radical (unpaired) electrons. The fraction of sp³-hybridized carbons (Fsp3) is 0.429. The van der Waals surface area contributed by atoms with E-state index in [0.717, 1.165) is 43.8 Å². The molecular weight excluding hydrogens is 258 g/mol. The zero-order valence-corrected chi connectivity index (χ0v) is 11.9. The summed E-state index contributed by atoms with van der Waals surface area (Å²) < 4.78 is 5.00. The highest BCUT2D eigenvalue weighted by Gasteiger charge is 2.03. The van der Waals surface area contributed by atoms with Crippen molar-refractivity contribution in [3.8, 4) is 11.3 Å². The maximum atomic E-state index is 5.00. The first kappa shape index (κ1) is 14.1.